The van der Waals surface area contributed by atoms with Crippen molar-refractivity contribution in [3.63, 3.8) is 0 Å². The summed E-state index contributed by atoms with van der Waals surface area (Å²) in [5.41, 5.74) is 0.728. The number of hydrogen-bond acceptors (Lipinski definition) is 4. The van der Waals surface area contributed by atoms with Crippen molar-refractivity contribution < 1.29 is 19.4 Å². The van der Waals surface area contributed by atoms with E-state index in [9.17, 15) is 4.79 Å². The summed E-state index contributed by atoms with van der Waals surface area (Å²) in [7, 11) is 1.52. The Morgan fingerprint density at radius 2 is 2.00 bits per heavy atom. The van der Waals surface area contributed by atoms with E-state index in [0.717, 1.165) is 5.56 Å². The molecule has 1 aromatic carbocycles. The van der Waals surface area contributed by atoms with Crippen molar-refractivity contribution in [2.45, 2.75) is 33.5 Å². The number of aliphatic hydroxyl groups is 1. The van der Waals surface area contributed by atoms with Crippen LogP contribution < -0.4 is 14.8 Å². The highest BCUT2D eigenvalue weighted by molar-refractivity contribution is 5.80. The van der Waals surface area contributed by atoms with Gasteiger partial charge in [-0.25, -0.2) is 0 Å². The number of ether oxygens (including phenoxy) is 2. The summed E-state index contributed by atoms with van der Waals surface area (Å²) < 4.78 is 10.8. The van der Waals surface area contributed by atoms with E-state index in [0.29, 0.717) is 24.0 Å². The number of carbonyl (C=O) groups excluding carboxylic acids is 1. The Morgan fingerprint density at radius 1 is 1.30 bits per heavy atom. The van der Waals surface area contributed by atoms with Crippen LogP contribution >= 0.6 is 0 Å². The second-order valence-electron chi connectivity index (χ2n) is 5.04. The molecule has 0 spiro atoms. The van der Waals surface area contributed by atoms with Gasteiger partial charge >= 0.3 is 0 Å². The van der Waals surface area contributed by atoms with Gasteiger partial charge in [0.2, 0.25) is 0 Å². The molecule has 5 heteroatoms. The van der Waals surface area contributed by atoms with Crippen LogP contribution in [0.3, 0.4) is 0 Å². The van der Waals surface area contributed by atoms with E-state index in [1.165, 1.54) is 7.11 Å². The predicted molar refractivity (Wildman–Crippen MR) is 76.9 cm³/mol. The van der Waals surface area contributed by atoms with Crippen LogP contribution in [0.5, 0.6) is 11.5 Å². The van der Waals surface area contributed by atoms with Crippen molar-refractivity contribution in [2.24, 2.45) is 5.92 Å². The summed E-state index contributed by atoms with van der Waals surface area (Å²) >= 11 is 0. The van der Waals surface area contributed by atoms with Crippen LogP contribution in [0, 0.1) is 5.92 Å². The molecular formula is C15H23NO4. The normalized spacial score (nSPS) is 12.1. The van der Waals surface area contributed by atoms with Gasteiger partial charge < -0.3 is 19.9 Å². The van der Waals surface area contributed by atoms with Gasteiger partial charge in [0.05, 0.1) is 13.7 Å². The van der Waals surface area contributed by atoms with Gasteiger partial charge in [-0.15, -0.1) is 0 Å². The number of amides is 1. The van der Waals surface area contributed by atoms with Crippen LogP contribution in [0.25, 0.3) is 0 Å². The molecule has 1 atom stereocenters. The maximum Gasteiger partial charge on any atom is 0.260 e. The van der Waals surface area contributed by atoms with Gasteiger partial charge in [0.25, 0.3) is 5.91 Å². The molecule has 0 heterocycles. The number of rotatable bonds is 7. The molecule has 5 nitrogen and oxygen atoms in total. The summed E-state index contributed by atoms with van der Waals surface area (Å²) in [5.74, 6) is 1.22. The molecule has 1 amide bonds. The zero-order chi connectivity index (χ0) is 15.1. The first-order valence-corrected chi connectivity index (χ1v) is 6.70. The van der Waals surface area contributed by atoms with Crippen molar-refractivity contribution in [1.29, 1.82) is 0 Å². The van der Waals surface area contributed by atoms with E-state index in [1.807, 2.05) is 13.8 Å². The average molecular weight is 281 g/mol. The number of hydrogen-bond donors (Lipinski definition) is 2. The van der Waals surface area contributed by atoms with E-state index < -0.39 is 6.10 Å². The Kier molecular flexibility index (Phi) is 6.31. The van der Waals surface area contributed by atoms with Gasteiger partial charge in [0.15, 0.2) is 17.6 Å². The summed E-state index contributed by atoms with van der Waals surface area (Å²) in [6, 6.07) is 5.11. The van der Waals surface area contributed by atoms with Crippen molar-refractivity contribution >= 4 is 5.91 Å². The summed E-state index contributed by atoms with van der Waals surface area (Å²) in [5, 5.41) is 11.9. The quantitative estimate of drug-likeness (QED) is 0.798. The average Bonchev–Trinajstić information content (AvgIpc) is 2.44. The lowest BCUT2D eigenvalue weighted by Crippen LogP contribution is -2.38. The van der Waals surface area contributed by atoms with E-state index in [2.05, 4.69) is 5.32 Å². The van der Waals surface area contributed by atoms with Gasteiger partial charge in [0.1, 0.15) is 0 Å². The third-order valence-corrected chi connectivity index (χ3v) is 2.77. The monoisotopic (exact) mass is 281 g/mol. The molecular weight excluding hydrogens is 258 g/mol. The SMILES string of the molecule is COc1cc(CO)ccc1OC(C)C(=O)NCC(C)C. The summed E-state index contributed by atoms with van der Waals surface area (Å²) in [6.45, 7) is 6.30. The third kappa shape index (κ3) is 4.74. The van der Waals surface area contributed by atoms with Gasteiger partial charge in [-0.3, -0.25) is 4.79 Å². The van der Waals surface area contributed by atoms with Gasteiger partial charge in [-0.1, -0.05) is 19.9 Å². The summed E-state index contributed by atoms with van der Waals surface area (Å²) in [4.78, 5) is 11.9. The Labute approximate surface area is 119 Å². The van der Waals surface area contributed by atoms with E-state index in [-0.39, 0.29) is 12.5 Å². The largest absolute Gasteiger partial charge is 0.493 e. The third-order valence-electron chi connectivity index (χ3n) is 2.77. The molecule has 20 heavy (non-hydrogen) atoms. The highest BCUT2D eigenvalue weighted by Gasteiger charge is 2.17. The first kappa shape index (κ1) is 16.3. The lowest BCUT2D eigenvalue weighted by molar-refractivity contribution is -0.127. The predicted octanol–water partition coefficient (Wildman–Crippen LogP) is 1.73. The van der Waals surface area contributed by atoms with Crippen LogP contribution in [-0.2, 0) is 11.4 Å². The number of nitrogens with one attached hydrogen (secondary N) is 1. The lowest BCUT2D eigenvalue weighted by atomic mass is 10.2. The second-order valence-corrected chi connectivity index (χ2v) is 5.04. The van der Waals surface area contributed by atoms with Crippen LogP contribution in [0.2, 0.25) is 0 Å². The maximum atomic E-state index is 11.9. The molecule has 0 aliphatic carbocycles. The van der Waals surface area contributed by atoms with Crippen LogP contribution in [0.1, 0.15) is 26.3 Å². The fourth-order valence-electron chi connectivity index (χ4n) is 1.60. The fraction of sp³-hybridized carbons (Fsp3) is 0.533. The molecule has 0 saturated carbocycles. The smallest absolute Gasteiger partial charge is 0.260 e. The molecule has 1 aromatic rings. The topological polar surface area (TPSA) is 67.8 Å². The van der Waals surface area contributed by atoms with Gasteiger partial charge in [-0.05, 0) is 30.5 Å². The van der Waals surface area contributed by atoms with E-state index >= 15 is 0 Å². The molecule has 0 aromatic heterocycles. The molecule has 0 aliphatic rings. The first-order valence-electron chi connectivity index (χ1n) is 6.70. The standard InChI is InChI=1S/C15H23NO4/c1-10(2)8-16-15(18)11(3)20-13-6-5-12(9-17)7-14(13)19-4/h5-7,10-11,17H,8-9H2,1-4H3,(H,16,18). The Bertz CT molecular complexity index is 445. The highest BCUT2D eigenvalue weighted by Crippen LogP contribution is 2.29. The van der Waals surface area contributed by atoms with Crippen LogP contribution in [0.15, 0.2) is 18.2 Å². The molecule has 0 radical (unpaired) electrons. The molecule has 2 N–H and O–H groups in total. The van der Waals surface area contributed by atoms with Crippen LogP contribution in [0.4, 0.5) is 0 Å². The maximum absolute atomic E-state index is 11.9. The summed E-state index contributed by atoms with van der Waals surface area (Å²) in [6.07, 6.45) is -0.609. The minimum Gasteiger partial charge on any atom is -0.493 e. The van der Waals surface area contributed by atoms with E-state index in [4.69, 9.17) is 14.6 Å². The fourth-order valence-corrected chi connectivity index (χ4v) is 1.60. The van der Waals surface area contributed by atoms with Gasteiger partial charge in [-0.2, -0.15) is 0 Å². The van der Waals surface area contributed by atoms with Gasteiger partial charge in [0, 0.05) is 6.54 Å². The zero-order valence-electron chi connectivity index (χ0n) is 12.5. The number of benzene rings is 1. The van der Waals surface area contributed by atoms with E-state index in [1.54, 1.807) is 25.1 Å². The molecule has 0 bridgehead atoms. The minimum absolute atomic E-state index is 0.0684. The molecule has 112 valence electrons. The number of methoxy groups -OCH3 is 1. The van der Waals surface area contributed by atoms with Crippen molar-refractivity contribution in [3.8, 4) is 11.5 Å². The lowest BCUT2D eigenvalue weighted by Gasteiger charge is -2.17. The molecule has 0 aliphatic heterocycles. The second kappa shape index (κ2) is 7.75. The van der Waals surface area contributed by atoms with Crippen molar-refractivity contribution in [2.75, 3.05) is 13.7 Å². The Morgan fingerprint density at radius 3 is 2.55 bits per heavy atom. The Balaban J connectivity index is 2.69. The Hall–Kier alpha value is -1.75. The van der Waals surface area contributed by atoms with Crippen LogP contribution in [-0.4, -0.2) is 30.8 Å². The molecule has 1 unspecified atom stereocenters. The highest BCUT2D eigenvalue weighted by atomic mass is 16.5. The minimum atomic E-state index is -0.609. The molecule has 0 fully saturated rings. The van der Waals surface area contributed by atoms with Crippen molar-refractivity contribution in [3.05, 3.63) is 23.8 Å². The zero-order valence-corrected chi connectivity index (χ0v) is 12.5. The number of carbonyl (C=O) groups is 1. The molecule has 1 rings (SSSR count). The molecule has 0 saturated heterocycles. The van der Waals surface area contributed by atoms with Crippen molar-refractivity contribution in [1.82, 2.24) is 5.32 Å². The number of aliphatic hydroxyl groups excluding tert-OH is 1. The first-order chi connectivity index (χ1) is 9.47.